The van der Waals surface area contributed by atoms with Gasteiger partial charge in [0.25, 0.3) is 0 Å². The normalized spacial score (nSPS) is 14.2. The molecule has 3 rings (SSSR count). The Hall–Kier alpha value is -3.41. The Bertz CT molecular complexity index is 1080. The van der Waals surface area contributed by atoms with Crippen LogP contribution in [0.15, 0.2) is 103 Å². The number of aliphatic hydroxyl groups excluding tert-OH is 1. The molecule has 0 saturated carbocycles. The first-order chi connectivity index (χ1) is 17.8. The van der Waals surface area contributed by atoms with E-state index in [9.17, 15) is 9.90 Å². The number of ether oxygens (including phenoxy) is 2. The van der Waals surface area contributed by atoms with Gasteiger partial charge in [0.2, 0.25) is 0 Å². The van der Waals surface area contributed by atoms with Crippen molar-refractivity contribution < 1.29 is 19.4 Å². The number of aliphatic hydroxyl groups is 1. The van der Waals surface area contributed by atoms with E-state index in [0.717, 1.165) is 17.5 Å². The van der Waals surface area contributed by atoms with Gasteiger partial charge >= 0.3 is 6.09 Å². The van der Waals surface area contributed by atoms with Crippen molar-refractivity contribution in [3.63, 3.8) is 0 Å². The van der Waals surface area contributed by atoms with E-state index >= 15 is 0 Å². The van der Waals surface area contributed by atoms with E-state index < -0.39 is 18.2 Å². The first-order valence-electron chi connectivity index (χ1n) is 12.8. The molecule has 37 heavy (non-hydrogen) atoms. The molecule has 0 aliphatic carbocycles. The molecule has 2 N–H and O–H groups in total. The van der Waals surface area contributed by atoms with Gasteiger partial charge in [-0.15, -0.1) is 0 Å². The zero-order valence-electron chi connectivity index (χ0n) is 22.0. The fourth-order valence-electron chi connectivity index (χ4n) is 3.90. The molecule has 0 spiro atoms. The average molecular weight is 502 g/mol. The highest BCUT2D eigenvalue weighted by Crippen LogP contribution is 2.17. The van der Waals surface area contributed by atoms with E-state index in [4.69, 9.17) is 9.47 Å². The van der Waals surface area contributed by atoms with Crippen LogP contribution in [-0.4, -0.2) is 35.6 Å². The van der Waals surface area contributed by atoms with Crippen LogP contribution in [0.4, 0.5) is 4.79 Å². The fourth-order valence-corrected chi connectivity index (χ4v) is 3.90. The maximum Gasteiger partial charge on any atom is 0.407 e. The third kappa shape index (κ3) is 11.0. The maximum atomic E-state index is 12.6. The zero-order chi connectivity index (χ0) is 26.5. The van der Waals surface area contributed by atoms with Crippen LogP contribution in [0.25, 0.3) is 0 Å². The summed E-state index contributed by atoms with van der Waals surface area (Å²) in [5.41, 5.74) is 2.86. The molecule has 196 valence electrons. The molecule has 5 heteroatoms. The first-order valence-corrected chi connectivity index (χ1v) is 12.8. The van der Waals surface area contributed by atoms with Crippen molar-refractivity contribution in [1.82, 2.24) is 5.32 Å². The van der Waals surface area contributed by atoms with Crippen molar-refractivity contribution >= 4 is 6.09 Å². The maximum absolute atomic E-state index is 12.6. The Morgan fingerprint density at radius 2 is 1.32 bits per heavy atom. The molecular weight excluding hydrogens is 462 g/mol. The second kappa shape index (κ2) is 14.4. The lowest BCUT2D eigenvalue weighted by Crippen LogP contribution is -2.44. The van der Waals surface area contributed by atoms with Crippen LogP contribution in [0.3, 0.4) is 0 Å². The average Bonchev–Trinajstić information content (AvgIpc) is 2.90. The lowest BCUT2D eigenvalue weighted by atomic mass is 9.96. The molecule has 3 atom stereocenters. The Balaban J connectivity index is 1.69. The summed E-state index contributed by atoms with van der Waals surface area (Å²) in [6, 6.07) is 29.0. The second-order valence-corrected chi connectivity index (χ2v) is 10.3. The lowest BCUT2D eigenvalue weighted by molar-refractivity contribution is -0.0153. The van der Waals surface area contributed by atoms with Gasteiger partial charge in [0.15, 0.2) is 0 Å². The smallest absolute Gasteiger partial charge is 0.407 e. The number of benzene rings is 3. The van der Waals surface area contributed by atoms with Gasteiger partial charge in [-0.25, -0.2) is 4.79 Å². The molecule has 0 saturated heterocycles. The van der Waals surface area contributed by atoms with Gasteiger partial charge in [0.1, 0.15) is 6.61 Å². The quantitative estimate of drug-likeness (QED) is 0.294. The van der Waals surface area contributed by atoms with Gasteiger partial charge in [-0.3, -0.25) is 0 Å². The Morgan fingerprint density at radius 1 is 0.811 bits per heavy atom. The monoisotopic (exact) mass is 501 g/mol. The number of carbonyl (C=O) groups excluding carboxylic acids is 1. The molecule has 5 nitrogen and oxygen atoms in total. The van der Waals surface area contributed by atoms with Crippen LogP contribution in [0, 0.1) is 5.92 Å². The van der Waals surface area contributed by atoms with Crippen molar-refractivity contribution in [1.29, 1.82) is 0 Å². The van der Waals surface area contributed by atoms with Gasteiger partial charge in [-0.1, -0.05) is 103 Å². The summed E-state index contributed by atoms with van der Waals surface area (Å²) >= 11 is 0. The van der Waals surface area contributed by atoms with E-state index in [1.807, 2.05) is 106 Å². The highest BCUT2D eigenvalue weighted by Gasteiger charge is 2.22. The van der Waals surface area contributed by atoms with Crippen LogP contribution in [0.1, 0.15) is 37.5 Å². The minimum atomic E-state index is -0.905. The lowest BCUT2D eigenvalue weighted by Gasteiger charge is -2.25. The molecule has 0 fully saturated rings. The van der Waals surface area contributed by atoms with Crippen LogP contribution >= 0.6 is 0 Å². The SMILES string of the molecule is CC(C)(C)OC[C@@H](/C=C/[C@H](O)[C@H](Cc1ccccc1)NC(=O)OCc1ccccc1)Cc1ccccc1. The summed E-state index contributed by atoms with van der Waals surface area (Å²) in [6.45, 7) is 6.79. The molecule has 0 heterocycles. The topological polar surface area (TPSA) is 67.8 Å². The number of hydrogen-bond donors (Lipinski definition) is 2. The van der Waals surface area contributed by atoms with Crippen LogP contribution in [-0.2, 0) is 28.9 Å². The summed E-state index contributed by atoms with van der Waals surface area (Å²) in [6.07, 6.45) is 3.56. The molecule has 0 aliphatic heterocycles. The highest BCUT2D eigenvalue weighted by atomic mass is 16.5. The number of amides is 1. The van der Waals surface area contributed by atoms with E-state index in [0.29, 0.717) is 13.0 Å². The molecule has 1 amide bonds. The van der Waals surface area contributed by atoms with E-state index in [1.165, 1.54) is 5.56 Å². The molecule has 0 radical (unpaired) electrons. The van der Waals surface area contributed by atoms with E-state index in [2.05, 4.69) is 17.4 Å². The molecule has 0 bridgehead atoms. The summed E-state index contributed by atoms with van der Waals surface area (Å²) in [7, 11) is 0. The van der Waals surface area contributed by atoms with Crippen molar-refractivity contribution in [3.8, 4) is 0 Å². The zero-order valence-corrected chi connectivity index (χ0v) is 22.0. The standard InChI is InChI=1S/C32H39NO4/c1-32(2,3)37-24-28(21-25-13-7-4-8-14-25)19-20-30(34)29(22-26-15-9-5-10-16-26)33-31(35)36-23-27-17-11-6-12-18-27/h4-20,28-30,34H,21-24H2,1-3H3,(H,33,35)/b20-19+/t28-,29-,30-/m0/s1. The third-order valence-electron chi connectivity index (χ3n) is 5.88. The summed E-state index contributed by atoms with van der Waals surface area (Å²) in [5, 5.41) is 14.0. The number of hydrogen-bond acceptors (Lipinski definition) is 4. The molecule has 0 aliphatic rings. The van der Waals surface area contributed by atoms with Crippen LogP contribution < -0.4 is 5.32 Å². The predicted molar refractivity (Wildman–Crippen MR) is 148 cm³/mol. The number of carbonyl (C=O) groups is 1. The predicted octanol–water partition coefficient (Wildman–Crippen LogP) is 6.12. The third-order valence-corrected chi connectivity index (χ3v) is 5.88. The second-order valence-electron chi connectivity index (χ2n) is 10.3. The fraction of sp³-hybridized carbons (Fsp3) is 0.344. The Morgan fingerprint density at radius 3 is 1.86 bits per heavy atom. The Labute approximate surface area is 221 Å². The molecular formula is C32H39NO4. The minimum absolute atomic E-state index is 0.0682. The van der Waals surface area contributed by atoms with Crippen molar-refractivity contribution in [2.75, 3.05) is 6.61 Å². The summed E-state index contributed by atoms with van der Waals surface area (Å²) < 4.78 is 11.5. The molecule has 3 aromatic carbocycles. The van der Waals surface area contributed by atoms with Gasteiger partial charge in [-0.2, -0.15) is 0 Å². The van der Waals surface area contributed by atoms with Crippen molar-refractivity contribution in [3.05, 3.63) is 120 Å². The van der Waals surface area contributed by atoms with Crippen molar-refractivity contribution in [2.45, 2.75) is 58.0 Å². The molecule has 3 aromatic rings. The minimum Gasteiger partial charge on any atom is -0.445 e. The molecule has 0 unspecified atom stereocenters. The summed E-state index contributed by atoms with van der Waals surface area (Å²) in [4.78, 5) is 12.6. The highest BCUT2D eigenvalue weighted by molar-refractivity contribution is 5.67. The van der Waals surface area contributed by atoms with Crippen LogP contribution in [0.5, 0.6) is 0 Å². The van der Waals surface area contributed by atoms with Crippen LogP contribution in [0.2, 0.25) is 0 Å². The first kappa shape index (κ1) is 28.2. The number of nitrogens with one attached hydrogen (secondary N) is 1. The van der Waals surface area contributed by atoms with Gasteiger partial charge in [0.05, 0.1) is 24.4 Å². The van der Waals surface area contributed by atoms with Gasteiger partial charge in [-0.05, 0) is 50.3 Å². The van der Waals surface area contributed by atoms with E-state index in [1.54, 1.807) is 6.08 Å². The molecule has 0 aromatic heterocycles. The number of alkyl carbamates (subject to hydrolysis) is 1. The van der Waals surface area contributed by atoms with E-state index in [-0.39, 0.29) is 18.1 Å². The van der Waals surface area contributed by atoms with Crippen molar-refractivity contribution in [2.24, 2.45) is 5.92 Å². The Kier molecular flexibility index (Phi) is 10.9. The summed E-state index contributed by atoms with van der Waals surface area (Å²) in [5.74, 6) is 0.0682. The van der Waals surface area contributed by atoms with Gasteiger partial charge < -0.3 is 19.9 Å². The number of rotatable bonds is 12. The van der Waals surface area contributed by atoms with Gasteiger partial charge in [0, 0.05) is 5.92 Å². The largest absolute Gasteiger partial charge is 0.445 e.